The summed E-state index contributed by atoms with van der Waals surface area (Å²) >= 11 is 0. The Morgan fingerprint density at radius 3 is 2.84 bits per heavy atom. The summed E-state index contributed by atoms with van der Waals surface area (Å²) in [5, 5.41) is 4.63. The minimum Gasteiger partial charge on any atom is -0.329 e. The molecular weight excluding hydrogens is 238 g/mol. The van der Waals surface area contributed by atoms with E-state index in [1.807, 2.05) is 16.8 Å². The van der Waals surface area contributed by atoms with Gasteiger partial charge in [-0.1, -0.05) is 6.07 Å². The van der Waals surface area contributed by atoms with Crippen LogP contribution < -0.4 is 5.73 Å². The molecule has 0 amide bonds. The first-order valence-electron chi connectivity index (χ1n) is 7.01. The highest BCUT2D eigenvalue weighted by molar-refractivity contribution is 5.38. The Labute approximate surface area is 113 Å². The third-order valence-corrected chi connectivity index (χ3v) is 3.89. The second-order valence-corrected chi connectivity index (χ2v) is 5.38. The predicted molar refractivity (Wildman–Crippen MR) is 75.2 cm³/mol. The number of likely N-dealkylation sites (tertiary alicyclic amines) is 1. The molecule has 0 radical (unpaired) electrons. The maximum atomic E-state index is 5.60. The van der Waals surface area contributed by atoms with Crippen molar-refractivity contribution in [2.24, 2.45) is 5.73 Å². The molecule has 0 saturated carbocycles. The average Bonchev–Trinajstić information content (AvgIpc) is 2.83. The molecule has 1 aliphatic heterocycles. The van der Waals surface area contributed by atoms with Crippen LogP contribution in [-0.4, -0.2) is 45.7 Å². The summed E-state index contributed by atoms with van der Waals surface area (Å²) in [6.07, 6.45) is 4.31. The average molecular weight is 259 g/mol. The second kappa shape index (κ2) is 5.27. The summed E-state index contributed by atoms with van der Waals surface area (Å²) in [5.74, 6) is 1.49. The van der Waals surface area contributed by atoms with Crippen molar-refractivity contribution in [3.05, 3.63) is 29.7 Å². The smallest absolute Gasteiger partial charge is 0.155 e. The molecule has 5 heteroatoms. The van der Waals surface area contributed by atoms with E-state index in [-0.39, 0.29) is 0 Å². The minimum atomic E-state index is 0.495. The summed E-state index contributed by atoms with van der Waals surface area (Å²) in [4.78, 5) is 7.08. The van der Waals surface area contributed by atoms with E-state index in [4.69, 9.17) is 5.73 Å². The topological polar surface area (TPSA) is 59.5 Å². The molecule has 3 rings (SSSR count). The lowest BCUT2D eigenvalue weighted by Crippen LogP contribution is -2.36. The molecule has 0 spiro atoms. The molecule has 2 N–H and O–H groups in total. The van der Waals surface area contributed by atoms with Crippen LogP contribution in [-0.2, 0) is 0 Å². The van der Waals surface area contributed by atoms with Crippen molar-refractivity contribution < 1.29 is 0 Å². The summed E-state index contributed by atoms with van der Waals surface area (Å²) in [5.41, 5.74) is 7.76. The fourth-order valence-electron chi connectivity index (χ4n) is 2.77. The normalized spacial score (nSPS) is 18.2. The number of hydrogen-bond acceptors (Lipinski definition) is 4. The number of piperidine rings is 1. The number of nitrogens with two attached hydrogens (primary N) is 1. The van der Waals surface area contributed by atoms with Crippen LogP contribution in [0.15, 0.2) is 18.3 Å². The minimum absolute atomic E-state index is 0.495. The number of pyridine rings is 1. The van der Waals surface area contributed by atoms with Gasteiger partial charge < -0.3 is 10.6 Å². The quantitative estimate of drug-likeness (QED) is 0.899. The molecule has 19 heavy (non-hydrogen) atoms. The van der Waals surface area contributed by atoms with Gasteiger partial charge in [0.2, 0.25) is 0 Å². The van der Waals surface area contributed by atoms with Gasteiger partial charge in [-0.05, 0) is 44.5 Å². The van der Waals surface area contributed by atoms with Gasteiger partial charge in [0.15, 0.2) is 11.5 Å². The Hall–Kier alpha value is -1.46. The van der Waals surface area contributed by atoms with Gasteiger partial charge >= 0.3 is 0 Å². The zero-order valence-corrected chi connectivity index (χ0v) is 11.4. The third-order valence-electron chi connectivity index (χ3n) is 3.89. The third kappa shape index (κ3) is 2.62. The van der Waals surface area contributed by atoms with Crippen molar-refractivity contribution in [2.75, 3.05) is 26.2 Å². The van der Waals surface area contributed by atoms with Crippen LogP contribution in [0.25, 0.3) is 5.65 Å². The Bertz CT molecular complexity index is 554. The van der Waals surface area contributed by atoms with Gasteiger partial charge in [0.1, 0.15) is 0 Å². The van der Waals surface area contributed by atoms with Crippen LogP contribution >= 0.6 is 0 Å². The first-order valence-corrected chi connectivity index (χ1v) is 7.01. The molecule has 0 aliphatic carbocycles. The van der Waals surface area contributed by atoms with Gasteiger partial charge in [0.25, 0.3) is 0 Å². The molecule has 0 aromatic carbocycles. The standard InChI is InChI=1S/C14H21N5/c1-11-2-3-13-16-14(17-19(13)10-11)12-4-7-18(8-5-12)9-6-15/h2-3,10,12H,4-9,15H2,1H3. The summed E-state index contributed by atoms with van der Waals surface area (Å²) in [6.45, 7) is 6.04. The molecular formula is C14H21N5. The van der Waals surface area contributed by atoms with E-state index in [1.54, 1.807) is 0 Å². The number of aryl methyl sites for hydroxylation is 1. The van der Waals surface area contributed by atoms with E-state index in [0.29, 0.717) is 5.92 Å². The Kier molecular flexibility index (Phi) is 3.48. The van der Waals surface area contributed by atoms with Crippen LogP contribution in [0.4, 0.5) is 0 Å². The highest BCUT2D eigenvalue weighted by Gasteiger charge is 2.23. The molecule has 5 nitrogen and oxygen atoms in total. The molecule has 2 aromatic rings. The van der Waals surface area contributed by atoms with E-state index in [9.17, 15) is 0 Å². The monoisotopic (exact) mass is 259 g/mol. The molecule has 0 bridgehead atoms. The highest BCUT2D eigenvalue weighted by Crippen LogP contribution is 2.25. The van der Waals surface area contributed by atoms with E-state index in [0.717, 1.165) is 50.5 Å². The highest BCUT2D eigenvalue weighted by atomic mass is 15.3. The molecule has 102 valence electrons. The fraction of sp³-hybridized carbons (Fsp3) is 0.571. The van der Waals surface area contributed by atoms with Crippen LogP contribution in [0.1, 0.15) is 30.1 Å². The number of aromatic nitrogens is 3. The molecule has 3 heterocycles. The fourth-order valence-corrected chi connectivity index (χ4v) is 2.77. The van der Waals surface area contributed by atoms with Crippen LogP contribution in [0.3, 0.4) is 0 Å². The van der Waals surface area contributed by atoms with Gasteiger partial charge in [0, 0.05) is 25.2 Å². The van der Waals surface area contributed by atoms with Crippen molar-refractivity contribution >= 4 is 5.65 Å². The summed E-state index contributed by atoms with van der Waals surface area (Å²) < 4.78 is 1.90. The lowest BCUT2D eigenvalue weighted by Gasteiger charge is -2.30. The molecule has 2 aromatic heterocycles. The number of nitrogens with zero attached hydrogens (tertiary/aromatic N) is 4. The largest absolute Gasteiger partial charge is 0.329 e. The Morgan fingerprint density at radius 1 is 1.32 bits per heavy atom. The number of hydrogen-bond donors (Lipinski definition) is 1. The van der Waals surface area contributed by atoms with Gasteiger partial charge in [0.05, 0.1) is 0 Å². The zero-order chi connectivity index (χ0) is 13.2. The molecule has 1 aliphatic rings. The van der Waals surface area contributed by atoms with Crippen LogP contribution in [0.2, 0.25) is 0 Å². The second-order valence-electron chi connectivity index (χ2n) is 5.38. The summed E-state index contributed by atoms with van der Waals surface area (Å²) in [7, 11) is 0. The molecule has 1 saturated heterocycles. The molecule has 0 atom stereocenters. The first-order chi connectivity index (χ1) is 9.26. The number of fused-ring (bicyclic) bond motifs is 1. The summed E-state index contributed by atoms with van der Waals surface area (Å²) in [6, 6.07) is 4.12. The van der Waals surface area contributed by atoms with E-state index in [2.05, 4.69) is 28.0 Å². The van der Waals surface area contributed by atoms with E-state index < -0.39 is 0 Å². The van der Waals surface area contributed by atoms with Gasteiger partial charge in [-0.2, -0.15) is 5.10 Å². The Balaban J connectivity index is 1.74. The van der Waals surface area contributed by atoms with E-state index >= 15 is 0 Å². The van der Waals surface area contributed by atoms with Gasteiger partial charge in [-0.3, -0.25) is 0 Å². The van der Waals surface area contributed by atoms with Crippen molar-refractivity contribution in [1.82, 2.24) is 19.5 Å². The number of rotatable bonds is 3. The zero-order valence-electron chi connectivity index (χ0n) is 11.4. The maximum absolute atomic E-state index is 5.60. The lowest BCUT2D eigenvalue weighted by molar-refractivity contribution is 0.214. The Morgan fingerprint density at radius 2 is 2.11 bits per heavy atom. The lowest BCUT2D eigenvalue weighted by atomic mass is 9.96. The van der Waals surface area contributed by atoms with Gasteiger partial charge in [-0.15, -0.1) is 0 Å². The SMILES string of the molecule is Cc1ccc2nc(C3CCN(CCN)CC3)nn2c1. The first kappa shape index (κ1) is 12.6. The van der Waals surface area contributed by atoms with Crippen LogP contribution in [0, 0.1) is 6.92 Å². The van der Waals surface area contributed by atoms with Crippen molar-refractivity contribution in [1.29, 1.82) is 0 Å². The molecule has 1 fully saturated rings. The van der Waals surface area contributed by atoms with Gasteiger partial charge in [-0.25, -0.2) is 9.50 Å². The van der Waals surface area contributed by atoms with E-state index in [1.165, 1.54) is 5.56 Å². The maximum Gasteiger partial charge on any atom is 0.155 e. The van der Waals surface area contributed by atoms with Crippen LogP contribution in [0.5, 0.6) is 0 Å². The van der Waals surface area contributed by atoms with Crippen molar-refractivity contribution in [3.8, 4) is 0 Å². The predicted octanol–water partition coefficient (Wildman–Crippen LogP) is 1.18. The molecule has 0 unspecified atom stereocenters. The van der Waals surface area contributed by atoms with Crippen molar-refractivity contribution in [3.63, 3.8) is 0 Å². The van der Waals surface area contributed by atoms with Crippen molar-refractivity contribution in [2.45, 2.75) is 25.7 Å².